The molecule has 1 saturated heterocycles. The van der Waals surface area contributed by atoms with Crippen molar-refractivity contribution in [2.45, 2.75) is 43.5 Å². The van der Waals surface area contributed by atoms with Crippen LogP contribution in [0.5, 0.6) is 5.75 Å². The molecule has 25 heavy (non-hydrogen) atoms. The van der Waals surface area contributed by atoms with E-state index in [9.17, 15) is 15.2 Å². The van der Waals surface area contributed by atoms with Crippen LogP contribution in [0, 0.1) is 10.1 Å². The van der Waals surface area contributed by atoms with Crippen molar-refractivity contribution in [3.05, 3.63) is 28.3 Å². The van der Waals surface area contributed by atoms with Crippen LogP contribution in [-0.4, -0.2) is 48.3 Å². The molecule has 0 radical (unpaired) electrons. The van der Waals surface area contributed by atoms with E-state index in [0.29, 0.717) is 63.3 Å². The number of methoxy groups -OCH3 is 1. The Bertz CT molecular complexity index is 620. The molecule has 3 rings (SSSR count). The summed E-state index contributed by atoms with van der Waals surface area (Å²) in [5.41, 5.74) is -0.424. The van der Waals surface area contributed by atoms with E-state index in [4.69, 9.17) is 14.2 Å². The lowest BCUT2D eigenvalue weighted by Crippen LogP contribution is -2.44. The van der Waals surface area contributed by atoms with Gasteiger partial charge in [0.05, 0.1) is 30.8 Å². The second kappa shape index (κ2) is 7.15. The summed E-state index contributed by atoms with van der Waals surface area (Å²) in [7, 11) is 1.51. The Kier molecular flexibility index (Phi) is 5.12. The van der Waals surface area contributed by atoms with Crippen LogP contribution in [0.3, 0.4) is 0 Å². The molecule has 0 atom stereocenters. The standard InChI is InChI=1S/C17H24N2O6/c1-23-13-2-3-15(19(21)22)14(12-13)18-9-8-16(20)4-6-17(7-5-16)24-10-11-25-17/h2-3,12,18,20H,4-11H2,1H3. The van der Waals surface area contributed by atoms with Gasteiger partial charge < -0.3 is 24.6 Å². The third-order valence-electron chi connectivity index (χ3n) is 5.06. The average Bonchev–Trinajstić information content (AvgIpc) is 3.06. The predicted molar refractivity (Wildman–Crippen MR) is 90.8 cm³/mol. The summed E-state index contributed by atoms with van der Waals surface area (Å²) in [6, 6.07) is 4.56. The van der Waals surface area contributed by atoms with Gasteiger partial charge in [-0.05, 0) is 25.3 Å². The number of nitro groups is 1. The van der Waals surface area contributed by atoms with Crippen molar-refractivity contribution < 1.29 is 24.2 Å². The van der Waals surface area contributed by atoms with Crippen LogP contribution >= 0.6 is 0 Å². The lowest BCUT2D eigenvalue weighted by Gasteiger charge is -2.40. The summed E-state index contributed by atoms with van der Waals surface area (Å²) in [6.07, 6.45) is 3.02. The molecule has 1 spiro atoms. The first-order valence-electron chi connectivity index (χ1n) is 8.52. The van der Waals surface area contributed by atoms with Crippen LogP contribution in [0.2, 0.25) is 0 Å². The van der Waals surface area contributed by atoms with Gasteiger partial charge in [-0.2, -0.15) is 0 Å². The first-order chi connectivity index (χ1) is 12.0. The van der Waals surface area contributed by atoms with E-state index >= 15 is 0 Å². The quantitative estimate of drug-likeness (QED) is 0.599. The largest absolute Gasteiger partial charge is 0.497 e. The van der Waals surface area contributed by atoms with E-state index in [1.54, 1.807) is 12.1 Å². The maximum atomic E-state index is 11.1. The molecule has 2 N–H and O–H groups in total. The number of rotatable bonds is 6. The lowest BCUT2D eigenvalue weighted by atomic mass is 9.79. The number of hydrogen-bond donors (Lipinski definition) is 2. The highest BCUT2D eigenvalue weighted by molar-refractivity contribution is 5.64. The number of nitro benzene ring substituents is 1. The minimum atomic E-state index is -0.804. The Balaban J connectivity index is 1.56. The number of nitrogens with one attached hydrogen (secondary N) is 1. The SMILES string of the molecule is COc1ccc([N+](=O)[O-])c(NCCC2(O)CCC3(CC2)OCCO3)c1. The fraction of sp³-hybridized carbons (Fsp3) is 0.647. The summed E-state index contributed by atoms with van der Waals surface area (Å²) in [5, 5.41) is 25.0. The Hall–Kier alpha value is -1.90. The normalized spacial score (nSPS) is 21.2. The van der Waals surface area contributed by atoms with Gasteiger partial charge in [0.15, 0.2) is 5.79 Å². The average molecular weight is 352 g/mol. The fourth-order valence-electron chi connectivity index (χ4n) is 3.50. The maximum Gasteiger partial charge on any atom is 0.292 e. The van der Waals surface area contributed by atoms with Gasteiger partial charge in [-0.1, -0.05) is 0 Å². The van der Waals surface area contributed by atoms with E-state index in [-0.39, 0.29) is 5.69 Å². The first kappa shape index (κ1) is 17.9. The molecule has 1 heterocycles. The highest BCUT2D eigenvalue weighted by atomic mass is 16.7. The third kappa shape index (κ3) is 4.02. The second-order valence-electron chi connectivity index (χ2n) is 6.65. The third-order valence-corrected chi connectivity index (χ3v) is 5.06. The fourth-order valence-corrected chi connectivity index (χ4v) is 3.50. The predicted octanol–water partition coefficient (Wildman–Crippen LogP) is 2.45. The number of aliphatic hydroxyl groups is 1. The number of nitrogens with zero attached hydrogens (tertiary/aromatic N) is 1. The van der Waals surface area contributed by atoms with Crippen LogP contribution in [0.1, 0.15) is 32.1 Å². The van der Waals surface area contributed by atoms with Crippen molar-refractivity contribution in [1.82, 2.24) is 0 Å². The molecule has 1 aromatic rings. The Labute approximate surface area is 146 Å². The maximum absolute atomic E-state index is 11.1. The summed E-state index contributed by atoms with van der Waals surface area (Å²) >= 11 is 0. The Morgan fingerprint density at radius 2 is 1.96 bits per heavy atom. The highest BCUT2D eigenvalue weighted by Gasteiger charge is 2.45. The summed E-state index contributed by atoms with van der Waals surface area (Å²) in [4.78, 5) is 10.7. The zero-order chi connectivity index (χ0) is 17.9. The van der Waals surface area contributed by atoms with Crippen molar-refractivity contribution in [1.29, 1.82) is 0 Å². The van der Waals surface area contributed by atoms with E-state index in [2.05, 4.69) is 5.32 Å². The van der Waals surface area contributed by atoms with Gasteiger partial charge in [0.2, 0.25) is 0 Å². The molecular weight excluding hydrogens is 328 g/mol. The topological polar surface area (TPSA) is 103 Å². The molecule has 2 aliphatic rings. The van der Waals surface area contributed by atoms with Gasteiger partial charge in [-0.25, -0.2) is 0 Å². The van der Waals surface area contributed by atoms with Crippen LogP contribution in [0.25, 0.3) is 0 Å². The highest BCUT2D eigenvalue weighted by Crippen LogP contribution is 2.41. The summed E-state index contributed by atoms with van der Waals surface area (Å²) in [6.45, 7) is 1.65. The van der Waals surface area contributed by atoms with Crippen LogP contribution in [-0.2, 0) is 9.47 Å². The van der Waals surface area contributed by atoms with Crippen LogP contribution in [0.15, 0.2) is 18.2 Å². The molecule has 0 unspecified atom stereocenters. The van der Waals surface area contributed by atoms with Crippen molar-refractivity contribution in [3.8, 4) is 5.75 Å². The Morgan fingerprint density at radius 3 is 2.56 bits per heavy atom. The molecule has 1 aromatic carbocycles. The molecule has 1 saturated carbocycles. The minimum absolute atomic E-state index is 0.0110. The second-order valence-corrected chi connectivity index (χ2v) is 6.65. The van der Waals surface area contributed by atoms with Crippen LogP contribution in [0.4, 0.5) is 11.4 Å². The van der Waals surface area contributed by atoms with Gasteiger partial charge in [0.25, 0.3) is 5.69 Å². The van der Waals surface area contributed by atoms with E-state index in [0.717, 1.165) is 0 Å². The van der Waals surface area contributed by atoms with Gasteiger partial charge in [-0.15, -0.1) is 0 Å². The minimum Gasteiger partial charge on any atom is -0.497 e. The van der Waals surface area contributed by atoms with Crippen molar-refractivity contribution in [2.24, 2.45) is 0 Å². The number of hydrogen-bond acceptors (Lipinski definition) is 7. The van der Waals surface area contributed by atoms with Crippen molar-refractivity contribution in [3.63, 3.8) is 0 Å². The van der Waals surface area contributed by atoms with Gasteiger partial charge in [-0.3, -0.25) is 10.1 Å². The molecule has 0 bridgehead atoms. The molecule has 0 aromatic heterocycles. The molecule has 0 amide bonds. The van der Waals surface area contributed by atoms with Gasteiger partial charge >= 0.3 is 0 Å². The first-order valence-corrected chi connectivity index (χ1v) is 8.52. The van der Waals surface area contributed by atoms with Crippen LogP contribution < -0.4 is 10.1 Å². The van der Waals surface area contributed by atoms with Gasteiger partial charge in [0.1, 0.15) is 11.4 Å². The molecule has 8 nitrogen and oxygen atoms in total. The zero-order valence-electron chi connectivity index (χ0n) is 14.3. The number of benzene rings is 1. The number of anilines is 1. The monoisotopic (exact) mass is 352 g/mol. The Morgan fingerprint density at radius 1 is 1.28 bits per heavy atom. The van der Waals surface area contributed by atoms with E-state index in [1.807, 2.05) is 0 Å². The molecule has 1 aliphatic carbocycles. The smallest absolute Gasteiger partial charge is 0.292 e. The van der Waals surface area contributed by atoms with E-state index in [1.165, 1.54) is 13.2 Å². The van der Waals surface area contributed by atoms with Crippen molar-refractivity contribution >= 4 is 11.4 Å². The number of ether oxygens (including phenoxy) is 3. The molecule has 1 aliphatic heterocycles. The van der Waals surface area contributed by atoms with Gasteiger partial charge in [0, 0.05) is 31.5 Å². The lowest BCUT2D eigenvalue weighted by molar-refractivity contribution is -0.384. The zero-order valence-corrected chi connectivity index (χ0v) is 14.3. The molecule has 8 heteroatoms. The molecule has 138 valence electrons. The summed E-state index contributed by atoms with van der Waals surface area (Å²) < 4.78 is 16.5. The molecular formula is C17H24N2O6. The van der Waals surface area contributed by atoms with E-state index < -0.39 is 16.3 Å². The molecule has 2 fully saturated rings. The summed E-state index contributed by atoms with van der Waals surface area (Å²) in [5.74, 6) is 0.0348. The van der Waals surface area contributed by atoms with Crippen molar-refractivity contribution in [2.75, 3.05) is 32.2 Å².